The molecule has 0 unspecified atom stereocenters. The first-order valence-corrected chi connectivity index (χ1v) is 7.95. The summed E-state index contributed by atoms with van der Waals surface area (Å²) in [7, 11) is 0. The maximum absolute atomic E-state index is 12.4. The molecule has 108 valence electrons. The molecule has 1 amide bonds. The van der Waals surface area contributed by atoms with Gasteiger partial charge in [0.15, 0.2) is 0 Å². The maximum Gasteiger partial charge on any atom is 0.225 e. The fourth-order valence-corrected chi connectivity index (χ4v) is 3.64. The van der Waals surface area contributed by atoms with Gasteiger partial charge in [-0.25, -0.2) is 0 Å². The summed E-state index contributed by atoms with van der Waals surface area (Å²) < 4.78 is 0. The van der Waals surface area contributed by atoms with Gasteiger partial charge in [-0.05, 0) is 38.5 Å². The van der Waals surface area contributed by atoms with Crippen LogP contribution in [0.1, 0.15) is 44.9 Å². The first-order chi connectivity index (χ1) is 9.24. The molecule has 0 atom stereocenters. The lowest BCUT2D eigenvalue weighted by Gasteiger charge is -2.43. The van der Waals surface area contributed by atoms with E-state index in [1.54, 1.807) is 0 Å². The third-order valence-electron chi connectivity index (χ3n) is 5.26. The van der Waals surface area contributed by atoms with Crippen molar-refractivity contribution < 1.29 is 9.90 Å². The van der Waals surface area contributed by atoms with Gasteiger partial charge in [0.2, 0.25) is 5.91 Å². The van der Waals surface area contributed by atoms with Crippen LogP contribution in [-0.4, -0.2) is 59.1 Å². The van der Waals surface area contributed by atoms with Crippen molar-refractivity contribution in [1.82, 2.24) is 9.80 Å². The Kier molecular flexibility index (Phi) is 4.08. The summed E-state index contributed by atoms with van der Waals surface area (Å²) in [6.07, 6.45) is 7.29. The highest BCUT2D eigenvalue weighted by Crippen LogP contribution is 2.28. The number of aliphatic hydroxyl groups is 1. The highest BCUT2D eigenvalue weighted by Gasteiger charge is 2.33. The summed E-state index contributed by atoms with van der Waals surface area (Å²) in [5.74, 6) is 0.527. The van der Waals surface area contributed by atoms with Crippen LogP contribution >= 0.6 is 0 Å². The molecule has 1 heterocycles. The van der Waals surface area contributed by atoms with Crippen molar-refractivity contribution in [3.63, 3.8) is 0 Å². The van der Waals surface area contributed by atoms with Crippen LogP contribution in [0.3, 0.4) is 0 Å². The van der Waals surface area contributed by atoms with E-state index in [1.165, 1.54) is 19.3 Å². The quantitative estimate of drug-likeness (QED) is 0.817. The minimum absolute atomic E-state index is 0.167. The molecule has 3 fully saturated rings. The summed E-state index contributed by atoms with van der Waals surface area (Å²) in [5, 5.41) is 9.52. The second kappa shape index (κ2) is 5.80. The molecule has 1 saturated heterocycles. The molecule has 0 aromatic carbocycles. The van der Waals surface area contributed by atoms with Crippen LogP contribution in [0.5, 0.6) is 0 Å². The molecule has 0 spiro atoms. The summed E-state index contributed by atoms with van der Waals surface area (Å²) >= 11 is 0. The number of rotatable bonds is 2. The lowest BCUT2D eigenvalue weighted by molar-refractivity contribution is -0.139. The zero-order valence-corrected chi connectivity index (χ0v) is 11.8. The maximum atomic E-state index is 12.4. The van der Waals surface area contributed by atoms with Gasteiger partial charge >= 0.3 is 0 Å². The average Bonchev–Trinajstić information content (AvgIpc) is 2.38. The molecule has 4 heteroatoms. The minimum Gasteiger partial charge on any atom is -0.393 e. The fraction of sp³-hybridized carbons (Fsp3) is 0.933. The summed E-state index contributed by atoms with van der Waals surface area (Å²) in [4.78, 5) is 17.1. The van der Waals surface area contributed by atoms with Crippen LogP contribution in [0.25, 0.3) is 0 Å². The SMILES string of the molecule is O=C(C1CCC(O)CC1)N1CCN(C2CCC2)CC1. The molecule has 0 aromatic rings. The molecule has 0 bridgehead atoms. The van der Waals surface area contributed by atoms with Gasteiger partial charge < -0.3 is 10.0 Å². The van der Waals surface area contributed by atoms with Crippen LogP contribution < -0.4 is 0 Å². The number of hydrogen-bond acceptors (Lipinski definition) is 3. The number of nitrogens with zero attached hydrogens (tertiary/aromatic N) is 2. The molecule has 0 aromatic heterocycles. The smallest absolute Gasteiger partial charge is 0.225 e. The Labute approximate surface area is 115 Å². The number of carbonyl (C=O) groups is 1. The molecule has 2 saturated carbocycles. The summed E-state index contributed by atoms with van der Waals surface area (Å²) in [5.41, 5.74) is 0. The molecule has 2 aliphatic carbocycles. The zero-order valence-electron chi connectivity index (χ0n) is 11.8. The van der Waals surface area contributed by atoms with Crippen LogP contribution in [0.2, 0.25) is 0 Å². The Morgan fingerprint density at radius 3 is 2.05 bits per heavy atom. The first kappa shape index (κ1) is 13.4. The number of piperazine rings is 1. The van der Waals surface area contributed by atoms with Gasteiger partial charge in [0, 0.05) is 38.1 Å². The molecule has 1 aliphatic heterocycles. The molecule has 1 N–H and O–H groups in total. The Hall–Kier alpha value is -0.610. The van der Waals surface area contributed by atoms with Gasteiger partial charge in [0.1, 0.15) is 0 Å². The summed E-state index contributed by atoms with van der Waals surface area (Å²) in [6.45, 7) is 3.94. The predicted molar refractivity (Wildman–Crippen MR) is 73.8 cm³/mol. The molecule has 3 rings (SSSR count). The normalized spacial score (nSPS) is 34.1. The van der Waals surface area contributed by atoms with Crippen molar-refractivity contribution in [2.45, 2.75) is 57.1 Å². The van der Waals surface area contributed by atoms with Crippen LogP contribution in [0, 0.1) is 5.92 Å². The van der Waals surface area contributed by atoms with E-state index in [1.807, 2.05) is 0 Å². The molecular weight excluding hydrogens is 240 g/mol. The van der Waals surface area contributed by atoms with Crippen molar-refractivity contribution in [2.75, 3.05) is 26.2 Å². The highest BCUT2D eigenvalue weighted by atomic mass is 16.3. The molecule has 3 aliphatic rings. The molecule has 0 radical (unpaired) electrons. The van der Waals surface area contributed by atoms with E-state index >= 15 is 0 Å². The third kappa shape index (κ3) is 2.95. The molecule has 4 nitrogen and oxygen atoms in total. The predicted octanol–water partition coefficient (Wildman–Crippen LogP) is 1.23. The molecule has 19 heavy (non-hydrogen) atoms. The van der Waals surface area contributed by atoms with Gasteiger partial charge in [-0.1, -0.05) is 6.42 Å². The zero-order chi connectivity index (χ0) is 13.2. The first-order valence-electron chi connectivity index (χ1n) is 7.95. The van der Waals surface area contributed by atoms with E-state index in [4.69, 9.17) is 0 Å². The van der Waals surface area contributed by atoms with E-state index in [0.29, 0.717) is 5.91 Å². The van der Waals surface area contributed by atoms with Crippen molar-refractivity contribution in [3.05, 3.63) is 0 Å². The van der Waals surface area contributed by atoms with Crippen LogP contribution in [-0.2, 0) is 4.79 Å². The van der Waals surface area contributed by atoms with Gasteiger partial charge in [-0.2, -0.15) is 0 Å². The second-order valence-corrected chi connectivity index (χ2v) is 6.45. The summed E-state index contributed by atoms with van der Waals surface area (Å²) in [6, 6.07) is 0.807. The molecular formula is C15H26N2O2. The fourth-order valence-electron chi connectivity index (χ4n) is 3.64. The van der Waals surface area contributed by atoms with E-state index in [0.717, 1.165) is 57.9 Å². The Balaban J connectivity index is 1.46. The largest absolute Gasteiger partial charge is 0.393 e. The number of aliphatic hydroxyl groups excluding tert-OH is 1. The third-order valence-corrected chi connectivity index (χ3v) is 5.26. The standard InChI is InChI=1S/C15H26N2O2/c18-14-6-4-12(5-7-14)15(19)17-10-8-16(9-11-17)13-2-1-3-13/h12-14,18H,1-11H2. The van der Waals surface area contributed by atoms with E-state index in [9.17, 15) is 9.90 Å². The lowest BCUT2D eigenvalue weighted by Crippen LogP contribution is -2.54. The minimum atomic E-state index is -0.167. The van der Waals surface area contributed by atoms with Crippen molar-refractivity contribution in [2.24, 2.45) is 5.92 Å². The van der Waals surface area contributed by atoms with E-state index in [2.05, 4.69) is 9.80 Å². The number of hydrogen-bond donors (Lipinski definition) is 1. The Bertz CT molecular complexity index is 314. The van der Waals surface area contributed by atoms with Crippen LogP contribution in [0.15, 0.2) is 0 Å². The number of amides is 1. The van der Waals surface area contributed by atoms with Crippen LogP contribution in [0.4, 0.5) is 0 Å². The van der Waals surface area contributed by atoms with Crippen molar-refractivity contribution in [3.8, 4) is 0 Å². The van der Waals surface area contributed by atoms with Gasteiger partial charge in [-0.3, -0.25) is 9.69 Å². The monoisotopic (exact) mass is 266 g/mol. The van der Waals surface area contributed by atoms with Gasteiger partial charge in [0.25, 0.3) is 0 Å². The number of carbonyl (C=O) groups excluding carboxylic acids is 1. The van der Waals surface area contributed by atoms with E-state index in [-0.39, 0.29) is 12.0 Å². The van der Waals surface area contributed by atoms with Gasteiger partial charge in [-0.15, -0.1) is 0 Å². The van der Waals surface area contributed by atoms with Gasteiger partial charge in [0.05, 0.1) is 6.10 Å². The lowest BCUT2D eigenvalue weighted by atomic mass is 9.86. The Morgan fingerprint density at radius 2 is 1.53 bits per heavy atom. The van der Waals surface area contributed by atoms with E-state index < -0.39 is 0 Å². The topological polar surface area (TPSA) is 43.8 Å². The van der Waals surface area contributed by atoms with Crippen molar-refractivity contribution in [1.29, 1.82) is 0 Å². The van der Waals surface area contributed by atoms with Crippen molar-refractivity contribution >= 4 is 5.91 Å². The Morgan fingerprint density at radius 1 is 0.895 bits per heavy atom. The average molecular weight is 266 g/mol. The second-order valence-electron chi connectivity index (χ2n) is 6.45. The highest BCUT2D eigenvalue weighted by molar-refractivity contribution is 5.79.